The Morgan fingerprint density at radius 3 is 3.03 bits per heavy atom. The Morgan fingerprint density at radius 2 is 2.16 bits per heavy atom. The highest BCUT2D eigenvalue weighted by Gasteiger charge is 2.53. The third-order valence-electron chi connectivity index (χ3n) is 6.78. The van der Waals surface area contributed by atoms with Crippen LogP contribution in [0.5, 0.6) is 5.75 Å². The Hall–Kier alpha value is -2.44. The molecule has 0 N–H and O–H groups in total. The van der Waals surface area contributed by atoms with Crippen LogP contribution in [-0.2, 0) is 33.7 Å². The van der Waals surface area contributed by atoms with Gasteiger partial charge in [0.1, 0.15) is 11.4 Å². The van der Waals surface area contributed by atoms with Crippen LogP contribution < -0.4 is 4.74 Å². The zero-order chi connectivity index (χ0) is 21.1. The van der Waals surface area contributed by atoms with Gasteiger partial charge < -0.3 is 19.1 Å². The summed E-state index contributed by atoms with van der Waals surface area (Å²) in [5.41, 5.74) is 3.07. The lowest BCUT2D eigenvalue weighted by atomic mass is 9.79. The Balaban J connectivity index is 1.09. The number of hydrogen-bond acceptors (Lipinski definition) is 5. The zero-order valence-corrected chi connectivity index (χ0v) is 17.9. The summed E-state index contributed by atoms with van der Waals surface area (Å²) >= 11 is 0. The lowest BCUT2D eigenvalue weighted by Gasteiger charge is -2.50. The maximum Gasteiger partial charge on any atom is 0.227 e. The average Bonchev–Trinajstić information content (AvgIpc) is 3.20. The summed E-state index contributed by atoms with van der Waals surface area (Å²) in [6.07, 6.45) is 6.31. The van der Waals surface area contributed by atoms with Gasteiger partial charge >= 0.3 is 0 Å². The van der Waals surface area contributed by atoms with E-state index in [2.05, 4.69) is 11.1 Å². The van der Waals surface area contributed by atoms with E-state index in [0.717, 1.165) is 55.9 Å². The SMILES string of the molecule is O=C(Cc1ccc2c(c1)CCCO2)N1CC2(C1)OCCC2CCOCc1ccccn1. The van der Waals surface area contributed by atoms with Crippen molar-refractivity contribution >= 4 is 5.91 Å². The minimum absolute atomic E-state index is 0.173. The molecule has 31 heavy (non-hydrogen) atoms. The predicted octanol–water partition coefficient (Wildman–Crippen LogP) is 3.17. The molecule has 0 radical (unpaired) electrons. The third-order valence-corrected chi connectivity index (χ3v) is 6.78. The molecule has 1 aromatic heterocycles. The van der Waals surface area contributed by atoms with Crippen LogP contribution in [-0.4, -0.2) is 54.3 Å². The second-order valence-corrected chi connectivity index (χ2v) is 8.88. The van der Waals surface area contributed by atoms with Crippen LogP contribution in [0.25, 0.3) is 0 Å². The summed E-state index contributed by atoms with van der Waals surface area (Å²) in [4.78, 5) is 19.1. The normalized spacial score (nSPS) is 21.4. The third kappa shape index (κ3) is 4.46. The molecule has 2 fully saturated rings. The first-order chi connectivity index (χ1) is 15.2. The molecule has 3 aliphatic heterocycles. The number of fused-ring (bicyclic) bond motifs is 1. The molecule has 0 bridgehead atoms. The highest BCUT2D eigenvalue weighted by molar-refractivity contribution is 5.80. The number of carbonyl (C=O) groups excluding carboxylic acids is 1. The number of aryl methyl sites for hydroxylation is 1. The Kier molecular flexibility index (Phi) is 5.92. The molecule has 5 rings (SSSR count). The topological polar surface area (TPSA) is 60.9 Å². The number of ether oxygens (including phenoxy) is 3. The minimum Gasteiger partial charge on any atom is -0.493 e. The van der Waals surface area contributed by atoms with Gasteiger partial charge in [-0.25, -0.2) is 0 Å². The molecule has 0 saturated carbocycles. The molecule has 6 nitrogen and oxygen atoms in total. The number of likely N-dealkylation sites (tertiary alicyclic amines) is 1. The Labute approximate surface area is 183 Å². The highest BCUT2D eigenvalue weighted by atomic mass is 16.5. The first-order valence-electron chi connectivity index (χ1n) is 11.4. The van der Waals surface area contributed by atoms with E-state index in [1.807, 2.05) is 35.2 Å². The number of nitrogens with zero attached hydrogens (tertiary/aromatic N) is 2. The molecule has 1 atom stereocenters. The molecule has 1 unspecified atom stereocenters. The van der Waals surface area contributed by atoms with Crippen LogP contribution >= 0.6 is 0 Å². The van der Waals surface area contributed by atoms with E-state index < -0.39 is 0 Å². The fourth-order valence-corrected chi connectivity index (χ4v) is 5.01. The maximum absolute atomic E-state index is 12.8. The summed E-state index contributed by atoms with van der Waals surface area (Å²) < 4.78 is 17.6. The molecule has 2 saturated heterocycles. The minimum atomic E-state index is -0.173. The molecular formula is C25H30N2O4. The second-order valence-electron chi connectivity index (χ2n) is 8.88. The average molecular weight is 423 g/mol. The standard InChI is InChI=1S/C25H30N2O4/c28-24(15-19-6-7-23-20(14-19)4-3-11-30-23)27-17-25(18-27)21(9-13-31-25)8-12-29-16-22-5-1-2-10-26-22/h1-2,5-7,10,14,21H,3-4,8-9,11-13,15-18H2. The van der Waals surface area contributed by atoms with Gasteiger partial charge in [-0.1, -0.05) is 18.2 Å². The van der Waals surface area contributed by atoms with Gasteiger partial charge in [-0.2, -0.15) is 0 Å². The van der Waals surface area contributed by atoms with Gasteiger partial charge in [-0.15, -0.1) is 0 Å². The lowest BCUT2D eigenvalue weighted by Crippen LogP contribution is -2.66. The fraction of sp³-hybridized carbons (Fsp3) is 0.520. The molecular weight excluding hydrogens is 392 g/mol. The molecule has 2 aromatic rings. The zero-order valence-electron chi connectivity index (χ0n) is 17.9. The van der Waals surface area contributed by atoms with Gasteiger partial charge in [0.25, 0.3) is 0 Å². The van der Waals surface area contributed by atoms with Crippen molar-refractivity contribution in [1.82, 2.24) is 9.88 Å². The van der Waals surface area contributed by atoms with Crippen molar-refractivity contribution in [2.45, 2.75) is 44.3 Å². The van der Waals surface area contributed by atoms with Crippen LogP contribution in [0.3, 0.4) is 0 Å². The second kappa shape index (κ2) is 8.97. The summed E-state index contributed by atoms with van der Waals surface area (Å²) in [6, 6.07) is 12.0. The van der Waals surface area contributed by atoms with E-state index in [1.54, 1.807) is 6.20 Å². The van der Waals surface area contributed by atoms with Gasteiger partial charge in [-0.3, -0.25) is 9.78 Å². The fourth-order valence-electron chi connectivity index (χ4n) is 5.01. The smallest absolute Gasteiger partial charge is 0.227 e. The van der Waals surface area contributed by atoms with Crippen LogP contribution in [0.15, 0.2) is 42.6 Å². The summed E-state index contributed by atoms with van der Waals surface area (Å²) in [6.45, 7) is 4.19. The number of carbonyl (C=O) groups is 1. The van der Waals surface area contributed by atoms with Crippen molar-refractivity contribution in [1.29, 1.82) is 0 Å². The van der Waals surface area contributed by atoms with Gasteiger partial charge in [0.2, 0.25) is 5.91 Å². The van der Waals surface area contributed by atoms with Crippen molar-refractivity contribution in [3.8, 4) is 5.75 Å². The predicted molar refractivity (Wildman–Crippen MR) is 116 cm³/mol. The van der Waals surface area contributed by atoms with Crippen molar-refractivity contribution in [3.05, 3.63) is 59.4 Å². The van der Waals surface area contributed by atoms with E-state index in [0.29, 0.717) is 38.6 Å². The summed E-state index contributed by atoms with van der Waals surface area (Å²) in [5.74, 6) is 1.60. The van der Waals surface area contributed by atoms with E-state index in [4.69, 9.17) is 14.2 Å². The van der Waals surface area contributed by atoms with Crippen molar-refractivity contribution in [2.24, 2.45) is 5.92 Å². The highest BCUT2D eigenvalue weighted by Crippen LogP contribution is 2.42. The summed E-state index contributed by atoms with van der Waals surface area (Å²) in [7, 11) is 0. The van der Waals surface area contributed by atoms with E-state index in [9.17, 15) is 4.79 Å². The number of amides is 1. The number of hydrogen-bond donors (Lipinski definition) is 0. The summed E-state index contributed by atoms with van der Waals surface area (Å²) in [5, 5.41) is 0. The molecule has 4 heterocycles. The van der Waals surface area contributed by atoms with Crippen molar-refractivity contribution in [2.75, 3.05) is 32.9 Å². The Morgan fingerprint density at radius 1 is 1.23 bits per heavy atom. The number of pyridine rings is 1. The molecule has 3 aliphatic rings. The maximum atomic E-state index is 12.8. The van der Waals surface area contributed by atoms with E-state index in [1.165, 1.54) is 5.56 Å². The molecule has 1 aromatic carbocycles. The van der Waals surface area contributed by atoms with Gasteiger partial charge in [0.15, 0.2) is 0 Å². The monoisotopic (exact) mass is 422 g/mol. The van der Waals surface area contributed by atoms with Gasteiger partial charge in [0.05, 0.1) is 38.4 Å². The molecule has 164 valence electrons. The molecule has 0 aliphatic carbocycles. The Bertz CT molecular complexity index is 911. The number of rotatable bonds is 7. The van der Waals surface area contributed by atoms with Crippen molar-refractivity contribution in [3.63, 3.8) is 0 Å². The van der Waals surface area contributed by atoms with Gasteiger partial charge in [0, 0.05) is 19.4 Å². The van der Waals surface area contributed by atoms with Gasteiger partial charge in [-0.05, 0) is 60.9 Å². The molecule has 6 heteroatoms. The van der Waals surface area contributed by atoms with Crippen molar-refractivity contribution < 1.29 is 19.0 Å². The molecule has 1 amide bonds. The largest absolute Gasteiger partial charge is 0.493 e. The number of benzene rings is 1. The molecule has 1 spiro atoms. The first-order valence-corrected chi connectivity index (χ1v) is 11.4. The van der Waals surface area contributed by atoms with Crippen LogP contribution in [0.1, 0.15) is 36.1 Å². The lowest BCUT2D eigenvalue weighted by molar-refractivity contribution is -0.165. The van der Waals surface area contributed by atoms with E-state index in [-0.39, 0.29) is 11.5 Å². The van der Waals surface area contributed by atoms with Crippen LogP contribution in [0.4, 0.5) is 0 Å². The number of aromatic nitrogens is 1. The van der Waals surface area contributed by atoms with Crippen LogP contribution in [0, 0.1) is 5.92 Å². The quantitative estimate of drug-likeness (QED) is 0.642. The van der Waals surface area contributed by atoms with E-state index >= 15 is 0 Å². The van der Waals surface area contributed by atoms with Crippen LogP contribution in [0.2, 0.25) is 0 Å². The first kappa shape index (κ1) is 20.5.